The third-order valence-corrected chi connectivity index (χ3v) is 5.99. The van der Waals surface area contributed by atoms with E-state index in [1.165, 1.54) is 5.56 Å². The summed E-state index contributed by atoms with van der Waals surface area (Å²) in [7, 11) is 0. The zero-order valence-corrected chi connectivity index (χ0v) is 20.1. The molecule has 35 heavy (non-hydrogen) atoms. The maximum Gasteiger partial charge on any atom is 0.255 e. The molecule has 0 aliphatic carbocycles. The Labute approximate surface area is 204 Å². The molecule has 1 atom stereocenters. The number of nitrogens with zero attached hydrogens (tertiary/aromatic N) is 5. The molecule has 1 unspecified atom stereocenters. The summed E-state index contributed by atoms with van der Waals surface area (Å²) < 4.78 is 1.74. The van der Waals surface area contributed by atoms with Crippen LogP contribution >= 0.6 is 0 Å². The predicted molar refractivity (Wildman–Crippen MR) is 136 cm³/mol. The summed E-state index contributed by atoms with van der Waals surface area (Å²) >= 11 is 0. The van der Waals surface area contributed by atoms with Gasteiger partial charge in [0, 0.05) is 23.7 Å². The van der Waals surface area contributed by atoms with Crippen LogP contribution < -0.4 is 10.6 Å². The number of allylic oxidation sites excluding steroid dienone is 1. The van der Waals surface area contributed by atoms with Gasteiger partial charge < -0.3 is 10.6 Å². The minimum atomic E-state index is -0.542. The molecule has 8 nitrogen and oxygen atoms in total. The van der Waals surface area contributed by atoms with Gasteiger partial charge in [0.15, 0.2) is 5.82 Å². The zero-order chi connectivity index (χ0) is 24.6. The predicted octanol–water partition coefficient (Wildman–Crippen LogP) is 4.96. The summed E-state index contributed by atoms with van der Waals surface area (Å²) in [5.41, 5.74) is 4.72. The van der Waals surface area contributed by atoms with Crippen LogP contribution in [0.5, 0.6) is 0 Å². The molecule has 1 aliphatic heterocycles. The van der Waals surface area contributed by atoms with E-state index < -0.39 is 6.04 Å². The molecule has 1 amide bonds. The number of rotatable bonds is 4. The average molecular weight is 466 g/mol. The Morgan fingerprint density at radius 1 is 1.03 bits per heavy atom. The van der Waals surface area contributed by atoms with Gasteiger partial charge in [-0.05, 0) is 42.2 Å². The van der Waals surface area contributed by atoms with Crippen LogP contribution in [0.3, 0.4) is 0 Å². The van der Waals surface area contributed by atoms with Crippen molar-refractivity contribution < 1.29 is 4.79 Å². The fourth-order valence-corrected chi connectivity index (χ4v) is 4.13. The van der Waals surface area contributed by atoms with Crippen LogP contribution in [0, 0.1) is 0 Å². The third kappa shape index (κ3) is 4.42. The first-order valence-electron chi connectivity index (χ1n) is 11.5. The first-order chi connectivity index (χ1) is 16.8. The Balaban J connectivity index is 1.55. The van der Waals surface area contributed by atoms with Crippen LogP contribution in [0.2, 0.25) is 0 Å². The average Bonchev–Trinajstić information content (AvgIpc) is 3.27. The van der Waals surface area contributed by atoms with E-state index in [2.05, 4.69) is 53.5 Å². The van der Waals surface area contributed by atoms with Crippen LogP contribution in [-0.2, 0) is 10.2 Å². The molecule has 4 aromatic rings. The number of aromatic nitrogens is 5. The molecular weight excluding hydrogens is 438 g/mol. The second-order valence-corrected chi connectivity index (χ2v) is 9.55. The summed E-state index contributed by atoms with van der Waals surface area (Å²) in [5, 5.41) is 11.0. The first-order valence-corrected chi connectivity index (χ1v) is 11.5. The summed E-state index contributed by atoms with van der Waals surface area (Å²) in [6.07, 6.45) is 4.99. The summed E-state index contributed by atoms with van der Waals surface area (Å²) in [4.78, 5) is 26.8. The standard InChI is InChI=1S/C27H27N7O/c1-17-22(25(35)31-20-8-7-14-28-16-20)23(21-9-5-6-15-29-21)34-26(30-17)32-24(33-34)18-10-12-19(13-11-18)27(2,3)4/h5-16,23H,1-4H3,(H,31,35)(H,30,32,33). The van der Waals surface area contributed by atoms with Gasteiger partial charge in [-0.3, -0.25) is 14.8 Å². The quantitative estimate of drug-likeness (QED) is 0.442. The molecule has 0 saturated heterocycles. The lowest BCUT2D eigenvalue weighted by atomic mass is 9.87. The number of hydrogen-bond donors (Lipinski definition) is 2. The van der Waals surface area contributed by atoms with Crippen LogP contribution in [0.4, 0.5) is 11.6 Å². The van der Waals surface area contributed by atoms with Crippen molar-refractivity contribution in [3.63, 3.8) is 0 Å². The van der Waals surface area contributed by atoms with Crippen molar-refractivity contribution in [2.75, 3.05) is 10.6 Å². The lowest BCUT2D eigenvalue weighted by Crippen LogP contribution is -2.32. The van der Waals surface area contributed by atoms with E-state index in [1.54, 1.807) is 35.4 Å². The van der Waals surface area contributed by atoms with Gasteiger partial charge in [0.05, 0.1) is 23.2 Å². The van der Waals surface area contributed by atoms with Crippen LogP contribution in [0.1, 0.15) is 45.0 Å². The number of anilines is 2. The molecule has 176 valence electrons. The molecule has 1 aliphatic rings. The van der Waals surface area contributed by atoms with Gasteiger partial charge in [0.25, 0.3) is 5.91 Å². The minimum absolute atomic E-state index is 0.0581. The van der Waals surface area contributed by atoms with Crippen molar-refractivity contribution in [1.82, 2.24) is 24.7 Å². The topological polar surface area (TPSA) is 97.6 Å². The number of amides is 1. The Morgan fingerprint density at radius 3 is 2.49 bits per heavy atom. The summed E-state index contributed by atoms with van der Waals surface area (Å²) in [5.74, 6) is 0.887. The highest BCUT2D eigenvalue weighted by molar-refractivity contribution is 6.05. The molecule has 0 bridgehead atoms. The van der Waals surface area contributed by atoms with E-state index in [0.29, 0.717) is 34.4 Å². The van der Waals surface area contributed by atoms with E-state index in [4.69, 9.17) is 10.1 Å². The zero-order valence-electron chi connectivity index (χ0n) is 20.1. The number of fused-ring (bicyclic) bond motifs is 1. The highest BCUT2D eigenvalue weighted by Crippen LogP contribution is 2.36. The van der Waals surface area contributed by atoms with Crippen molar-refractivity contribution in [3.8, 4) is 11.4 Å². The van der Waals surface area contributed by atoms with Crippen molar-refractivity contribution in [3.05, 3.63) is 95.7 Å². The number of nitrogens with one attached hydrogen (secondary N) is 2. The van der Waals surface area contributed by atoms with E-state index in [1.807, 2.05) is 37.3 Å². The first kappa shape index (κ1) is 22.5. The van der Waals surface area contributed by atoms with Gasteiger partial charge in [0.1, 0.15) is 6.04 Å². The molecule has 0 fully saturated rings. The lowest BCUT2D eigenvalue weighted by molar-refractivity contribution is -0.113. The SMILES string of the molecule is CC1=C(C(=O)Nc2cccnc2)C(c2ccccn2)n2nc(-c3ccc(C(C)(C)C)cc3)nc2N1. The number of benzene rings is 1. The Morgan fingerprint density at radius 2 is 1.83 bits per heavy atom. The molecule has 0 spiro atoms. The maximum atomic E-state index is 13.5. The smallest absolute Gasteiger partial charge is 0.255 e. The van der Waals surface area contributed by atoms with Gasteiger partial charge in [-0.2, -0.15) is 4.98 Å². The minimum Gasteiger partial charge on any atom is -0.328 e. The second kappa shape index (κ2) is 8.79. The molecule has 0 saturated carbocycles. The van der Waals surface area contributed by atoms with Crippen LogP contribution in [0.15, 0.2) is 84.5 Å². The molecule has 1 aromatic carbocycles. The van der Waals surface area contributed by atoms with Gasteiger partial charge in [-0.1, -0.05) is 51.1 Å². The van der Waals surface area contributed by atoms with Crippen molar-refractivity contribution in [2.45, 2.75) is 39.2 Å². The highest BCUT2D eigenvalue weighted by Gasteiger charge is 2.35. The Bertz CT molecular complexity index is 1390. The van der Waals surface area contributed by atoms with Gasteiger partial charge in [-0.25, -0.2) is 4.68 Å². The lowest BCUT2D eigenvalue weighted by Gasteiger charge is -2.27. The van der Waals surface area contributed by atoms with Crippen molar-refractivity contribution in [2.24, 2.45) is 0 Å². The van der Waals surface area contributed by atoms with Gasteiger partial charge in [0.2, 0.25) is 5.95 Å². The van der Waals surface area contributed by atoms with E-state index in [0.717, 1.165) is 5.56 Å². The highest BCUT2D eigenvalue weighted by atomic mass is 16.1. The fraction of sp³-hybridized carbons (Fsp3) is 0.222. The Hall–Kier alpha value is -4.33. The Kier molecular flexibility index (Phi) is 5.64. The van der Waals surface area contributed by atoms with Crippen molar-refractivity contribution in [1.29, 1.82) is 0 Å². The molecule has 2 N–H and O–H groups in total. The molecule has 0 radical (unpaired) electrons. The summed E-state index contributed by atoms with van der Waals surface area (Å²) in [6.45, 7) is 8.42. The third-order valence-electron chi connectivity index (χ3n) is 5.99. The molecule has 3 aromatic heterocycles. The van der Waals surface area contributed by atoms with E-state index >= 15 is 0 Å². The largest absolute Gasteiger partial charge is 0.328 e. The molecule has 5 rings (SSSR count). The molecule has 8 heteroatoms. The maximum absolute atomic E-state index is 13.5. The van der Waals surface area contributed by atoms with E-state index in [-0.39, 0.29) is 11.3 Å². The second-order valence-electron chi connectivity index (χ2n) is 9.55. The fourth-order valence-electron chi connectivity index (χ4n) is 4.13. The van der Waals surface area contributed by atoms with Crippen molar-refractivity contribution >= 4 is 17.5 Å². The molecule has 4 heterocycles. The number of carbonyl (C=O) groups is 1. The van der Waals surface area contributed by atoms with Crippen LogP contribution in [0.25, 0.3) is 11.4 Å². The van der Waals surface area contributed by atoms with Crippen LogP contribution in [-0.4, -0.2) is 30.6 Å². The number of carbonyl (C=O) groups excluding carboxylic acids is 1. The van der Waals surface area contributed by atoms with E-state index in [9.17, 15) is 4.79 Å². The molecular formula is C27H27N7O. The van der Waals surface area contributed by atoms with Gasteiger partial charge in [-0.15, -0.1) is 5.10 Å². The number of pyridine rings is 2. The van der Waals surface area contributed by atoms with Gasteiger partial charge >= 0.3 is 0 Å². The number of hydrogen-bond acceptors (Lipinski definition) is 6. The summed E-state index contributed by atoms with van der Waals surface area (Å²) in [6, 6.07) is 17.0. The monoisotopic (exact) mass is 465 g/mol. The normalized spacial score (nSPS) is 15.4.